The first-order valence-corrected chi connectivity index (χ1v) is 13.4. The highest BCUT2D eigenvalue weighted by Crippen LogP contribution is 2.64. The average Bonchev–Trinajstić information content (AvgIpc) is 3.38. The Balaban J connectivity index is 1.63. The van der Waals surface area contributed by atoms with Crippen molar-refractivity contribution in [1.82, 2.24) is 4.98 Å². The van der Waals surface area contributed by atoms with Gasteiger partial charge in [-0.2, -0.15) is 0 Å². The van der Waals surface area contributed by atoms with Gasteiger partial charge >= 0.3 is 0 Å². The first-order valence-electron chi connectivity index (χ1n) is 12.1. The Morgan fingerprint density at radius 3 is 2.24 bits per heavy atom. The zero-order valence-electron chi connectivity index (χ0n) is 19.3. The minimum Gasteiger partial charge on any atom is -0.611 e. The number of pyridine rings is 1. The fourth-order valence-electron chi connectivity index (χ4n) is 6.55. The van der Waals surface area contributed by atoms with E-state index in [2.05, 4.69) is 53.4 Å². The SMILES string of the molecule is CC[S+]([O-])c1c(C23CC(c4ccccc42)c2ccccc23)cnc(C)c1N1CCC(O)CC1. The second-order valence-corrected chi connectivity index (χ2v) is 11.3. The highest BCUT2D eigenvalue weighted by Gasteiger charge is 2.56. The average molecular weight is 459 g/mol. The minimum absolute atomic E-state index is 0.249. The van der Waals surface area contributed by atoms with Crippen LogP contribution in [0.5, 0.6) is 0 Å². The first kappa shape index (κ1) is 21.2. The number of aromatic nitrogens is 1. The van der Waals surface area contributed by atoms with Gasteiger partial charge in [0.15, 0.2) is 4.90 Å². The lowest BCUT2D eigenvalue weighted by atomic mass is 9.71. The lowest BCUT2D eigenvalue weighted by Crippen LogP contribution is -2.38. The maximum Gasteiger partial charge on any atom is 0.183 e. The molecule has 2 heterocycles. The molecule has 2 aliphatic carbocycles. The van der Waals surface area contributed by atoms with Crippen LogP contribution in [0, 0.1) is 6.92 Å². The summed E-state index contributed by atoms with van der Waals surface area (Å²) in [6.45, 7) is 5.57. The summed E-state index contributed by atoms with van der Waals surface area (Å²) in [4.78, 5) is 8.18. The molecule has 1 aromatic heterocycles. The number of aryl methyl sites for hydroxylation is 1. The van der Waals surface area contributed by atoms with Crippen molar-refractivity contribution in [1.29, 1.82) is 0 Å². The maximum atomic E-state index is 13.8. The molecular weight excluding hydrogens is 428 g/mol. The van der Waals surface area contributed by atoms with Gasteiger partial charge in [0.25, 0.3) is 0 Å². The summed E-state index contributed by atoms with van der Waals surface area (Å²) in [6.07, 6.45) is 4.21. The molecule has 1 atom stereocenters. The molecule has 0 saturated carbocycles. The third-order valence-electron chi connectivity index (χ3n) is 8.02. The molecule has 3 aromatic rings. The van der Waals surface area contributed by atoms with Crippen LogP contribution in [0.1, 0.15) is 65.6 Å². The number of fused-ring (bicyclic) bond motifs is 8. The fraction of sp³-hybridized carbons (Fsp3) is 0.393. The highest BCUT2D eigenvalue weighted by atomic mass is 32.2. The van der Waals surface area contributed by atoms with E-state index in [1.807, 2.05) is 20.0 Å². The number of hydrogen-bond acceptors (Lipinski definition) is 4. The number of benzene rings is 2. The molecule has 0 spiro atoms. The number of aliphatic hydroxyl groups is 1. The predicted octanol–water partition coefficient (Wildman–Crippen LogP) is 4.66. The summed E-state index contributed by atoms with van der Waals surface area (Å²) in [6, 6.07) is 17.6. The molecule has 1 fully saturated rings. The van der Waals surface area contributed by atoms with Crippen LogP contribution in [0.2, 0.25) is 0 Å². The lowest BCUT2D eigenvalue weighted by Gasteiger charge is -2.37. The molecular formula is C28H30N2O2S. The molecule has 4 nitrogen and oxygen atoms in total. The fourth-order valence-corrected chi connectivity index (χ4v) is 7.80. The number of piperidine rings is 1. The summed E-state index contributed by atoms with van der Waals surface area (Å²) < 4.78 is 13.8. The molecule has 1 saturated heterocycles. The minimum atomic E-state index is -1.14. The van der Waals surface area contributed by atoms with Gasteiger partial charge in [-0.15, -0.1) is 0 Å². The van der Waals surface area contributed by atoms with Crippen LogP contribution in [0.3, 0.4) is 0 Å². The standard InChI is InChI=1S/C28H30N2O2S/c1-3-33(32)27-25(17-29-18(2)26(27)30-14-12-19(31)13-15-30)28-16-22(20-8-4-6-10-23(20)28)21-9-5-7-11-24(21)28/h4-11,17,19,22,31H,3,12-16H2,1-2H3. The Morgan fingerprint density at radius 2 is 1.64 bits per heavy atom. The molecule has 0 amide bonds. The van der Waals surface area contributed by atoms with Crippen molar-refractivity contribution < 1.29 is 9.66 Å². The van der Waals surface area contributed by atoms with Gasteiger partial charge in [-0.05, 0) is 66.5 Å². The smallest absolute Gasteiger partial charge is 0.183 e. The third-order valence-corrected chi connectivity index (χ3v) is 9.42. The molecule has 5 heteroatoms. The zero-order valence-corrected chi connectivity index (χ0v) is 20.1. The molecule has 0 radical (unpaired) electrons. The Bertz CT molecular complexity index is 1170. The molecule has 6 rings (SSSR count). The summed E-state index contributed by atoms with van der Waals surface area (Å²) in [5, 5.41) is 10.1. The second kappa shape index (κ2) is 7.86. The second-order valence-electron chi connectivity index (χ2n) is 9.62. The molecule has 1 N–H and O–H groups in total. The van der Waals surface area contributed by atoms with Crippen molar-refractivity contribution in [3.8, 4) is 0 Å². The molecule has 1 unspecified atom stereocenters. The van der Waals surface area contributed by atoms with E-state index < -0.39 is 11.2 Å². The van der Waals surface area contributed by atoms with Gasteiger partial charge < -0.3 is 14.6 Å². The topological polar surface area (TPSA) is 59.4 Å². The molecule has 2 bridgehead atoms. The summed E-state index contributed by atoms with van der Waals surface area (Å²) in [5.74, 6) is 0.943. The van der Waals surface area contributed by atoms with Gasteiger partial charge in [0.05, 0.1) is 17.2 Å². The number of nitrogens with zero attached hydrogens (tertiary/aromatic N) is 2. The van der Waals surface area contributed by atoms with E-state index in [1.165, 1.54) is 22.3 Å². The molecule has 170 valence electrons. The van der Waals surface area contributed by atoms with Crippen LogP contribution in [-0.4, -0.2) is 39.6 Å². The summed E-state index contributed by atoms with van der Waals surface area (Å²) >= 11 is -1.14. The normalized spacial score (nSPS) is 24.6. The van der Waals surface area contributed by atoms with E-state index in [1.54, 1.807) is 0 Å². The number of anilines is 1. The van der Waals surface area contributed by atoms with E-state index >= 15 is 0 Å². The summed E-state index contributed by atoms with van der Waals surface area (Å²) in [7, 11) is 0. The zero-order chi connectivity index (χ0) is 22.7. The van der Waals surface area contributed by atoms with Crippen molar-refractivity contribution >= 4 is 16.9 Å². The third kappa shape index (κ3) is 2.95. The quantitative estimate of drug-likeness (QED) is 0.578. The number of hydrogen-bond donors (Lipinski definition) is 1. The maximum absolute atomic E-state index is 13.8. The Morgan fingerprint density at radius 1 is 1.03 bits per heavy atom. The van der Waals surface area contributed by atoms with Gasteiger partial charge in [-0.1, -0.05) is 48.5 Å². The Labute approximate surface area is 198 Å². The Hall–Kier alpha value is -2.34. The van der Waals surface area contributed by atoms with E-state index in [9.17, 15) is 9.66 Å². The van der Waals surface area contributed by atoms with E-state index in [0.29, 0.717) is 11.7 Å². The number of rotatable bonds is 4. The van der Waals surface area contributed by atoms with Gasteiger partial charge in [0, 0.05) is 30.8 Å². The first-order chi connectivity index (χ1) is 16.1. The Kier molecular flexibility index (Phi) is 5.05. The van der Waals surface area contributed by atoms with Crippen LogP contribution in [0.15, 0.2) is 59.6 Å². The van der Waals surface area contributed by atoms with Gasteiger partial charge in [0.2, 0.25) is 0 Å². The highest BCUT2D eigenvalue weighted by molar-refractivity contribution is 7.91. The van der Waals surface area contributed by atoms with E-state index in [-0.39, 0.29) is 11.5 Å². The predicted molar refractivity (Wildman–Crippen MR) is 133 cm³/mol. The summed E-state index contributed by atoms with van der Waals surface area (Å²) in [5.41, 5.74) is 8.22. The van der Waals surface area contributed by atoms with Crippen LogP contribution in [0.4, 0.5) is 5.69 Å². The largest absolute Gasteiger partial charge is 0.611 e. The van der Waals surface area contributed by atoms with Crippen molar-refractivity contribution in [2.24, 2.45) is 0 Å². The monoisotopic (exact) mass is 458 g/mol. The van der Waals surface area contributed by atoms with Crippen LogP contribution < -0.4 is 4.90 Å². The molecule has 33 heavy (non-hydrogen) atoms. The van der Waals surface area contributed by atoms with Crippen molar-refractivity contribution in [3.63, 3.8) is 0 Å². The van der Waals surface area contributed by atoms with Gasteiger partial charge in [-0.3, -0.25) is 4.98 Å². The van der Waals surface area contributed by atoms with E-state index in [4.69, 9.17) is 4.98 Å². The number of aliphatic hydroxyl groups excluding tert-OH is 1. The van der Waals surface area contributed by atoms with Crippen LogP contribution in [-0.2, 0) is 16.6 Å². The van der Waals surface area contributed by atoms with Gasteiger partial charge in [0.1, 0.15) is 11.4 Å². The van der Waals surface area contributed by atoms with Crippen LogP contribution >= 0.6 is 0 Å². The van der Waals surface area contributed by atoms with Crippen molar-refractivity contribution in [3.05, 3.63) is 88.2 Å². The molecule has 3 aliphatic rings. The van der Waals surface area contributed by atoms with Crippen molar-refractivity contribution in [2.45, 2.75) is 55.4 Å². The molecule has 1 aliphatic heterocycles. The van der Waals surface area contributed by atoms with Gasteiger partial charge in [-0.25, -0.2) is 0 Å². The lowest BCUT2D eigenvalue weighted by molar-refractivity contribution is 0.145. The van der Waals surface area contributed by atoms with Crippen molar-refractivity contribution in [2.75, 3.05) is 23.7 Å². The molecule has 2 aromatic carbocycles. The van der Waals surface area contributed by atoms with E-state index in [0.717, 1.165) is 54.2 Å². The van der Waals surface area contributed by atoms with Crippen LogP contribution in [0.25, 0.3) is 0 Å².